The van der Waals surface area contributed by atoms with Crippen LogP contribution in [0.2, 0.25) is 5.02 Å². The first-order valence-electron chi connectivity index (χ1n) is 8.38. The summed E-state index contributed by atoms with van der Waals surface area (Å²) < 4.78 is 31.0. The second-order valence-corrected chi connectivity index (χ2v) is 8.43. The van der Waals surface area contributed by atoms with Gasteiger partial charge in [0, 0.05) is 5.02 Å². The number of rotatable bonds is 8. The Morgan fingerprint density at radius 1 is 1.15 bits per heavy atom. The maximum absolute atomic E-state index is 12.2. The Bertz CT molecular complexity index is 916. The van der Waals surface area contributed by atoms with Gasteiger partial charge >= 0.3 is 0 Å². The quantitative estimate of drug-likeness (QED) is 0.679. The van der Waals surface area contributed by atoms with Crippen LogP contribution < -0.4 is 14.4 Å². The Balaban J connectivity index is 1.97. The molecule has 146 valence electrons. The lowest BCUT2D eigenvalue weighted by Gasteiger charge is -2.24. The first-order valence-corrected chi connectivity index (χ1v) is 10.6. The summed E-state index contributed by atoms with van der Waals surface area (Å²) in [6.45, 7) is 3.87. The zero-order chi connectivity index (χ0) is 20.0. The van der Waals surface area contributed by atoms with E-state index in [-0.39, 0.29) is 19.7 Å². The minimum atomic E-state index is -3.65. The number of hydrogen-bond donors (Lipinski definition) is 1. The van der Waals surface area contributed by atoms with Crippen LogP contribution in [0.3, 0.4) is 0 Å². The number of nitrogens with one attached hydrogen (secondary N) is 1. The average Bonchev–Trinajstić information content (AvgIpc) is 2.60. The third-order valence-electron chi connectivity index (χ3n) is 3.97. The Labute approximate surface area is 165 Å². The summed E-state index contributed by atoms with van der Waals surface area (Å²) in [6.07, 6.45) is 1.06. The molecule has 0 bridgehead atoms. The maximum atomic E-state index is 12.2. The topological polar surface area (TPSA) is 75.7 Å². The molecular formula is C19H23ClN2O4S. The summed E-state index contributed by atoms with van der Waals surface area (Å²) in [4.78, 5) is 12.2. The fraction of sp³-hybridized carbons (Fsp3) is 0.316. The molecule has 0 aliphatic rings. The lowest BCUT2D eigenvalue weighted by atomic mass is 10.2. The normalized spacial score (nSPS) is 11.1. The van der Waals surface area contributed by atoms with Gasteiger partial charge in [-0.15, -0.1) is 0 Å². The van der Waals surface area contributed by atoms with Crippen LogP contribution in [-0.2, 0) is 14.8 Å². The second kappa shape index (κ2) is 9.10. The van der Waals surface area contributed by atoms with E-state index in [1.807, 2.05) is 31.2 Å². The molecule has 0 heterocycles. The number of nitrogens with zero attached hydrogens (tertiary/aromatic N) is 1. The van der Waals surface area contributed by atoms with Crippen LogP contribution in [0.1, 0.15) is 11.1 Å². The zero-order valence-corrected chi connectivity index (χ0v) is 17.1. The van der Waals surface area contributed by atoms with Gasteiger partial charge in [0.25, 0.3) is 0 Å². The predicted octanol–water partition coefficient (Wildman–Crippen LogP) is 2.92. The largest absolute Gasteiger partial charge is 0.491 e. The van der Waals surface area contributed by atoms with Crippen LogP contribution in [0, 0.1) is 13.8 Å². The first-order chi connectivity index (χ1) is 12.7. The Kier molecular flexibility index (Phi) is 7.10. The van der Waals surface area contributed by atoms with E-state index in [0.29, 0.717) is 16.3 Å². The average molecular weight is 411 g/mol. The van der Waals surface area contributed by atoms with E-state index in [9.17, 15) is 13.2 Å². The van der Waals surface area contributed by atoms with E-state index in [1.165, 1.54) is 0 Å². The number of carbonyl (C=O) groups excluding carboxylic acids is 1. The Hall–Kier alpha value is -2.25. The standard InChI is InChI=1S/C19H23ClN2O4S/c1-14-7-4-5-10-18(14)26-12-11-21-19(23)13-22(27(3,24)25)17-9-6-8-16(20)15(17)2/h4-10H,11-13H2,1-3H3,(H,21,23). The number of para-hydroxylation sites is 1. The van der Waals surface area contributed by atoms with Crippen LogP contribution in [0.5, 0.6) is 5.75 Å². The molecule has 1 amide bonds. The van der Waals surface area contributed by atoms with Crippen molar-refractivity contribution in [3.05, 3.63) is 58.6 Å². The van der Waals surface area contributed by atoms with Crippen molar-refractivity contribution in [3.8, 4) is 5.75 Å². The summed E-state index contributed by atoms with van der Waals surface area (Å²) in [5, 5.41) is 3.11. The lowest BCUT2D eigenvalue weighted by Crippen LogP contribution is -2.41. The van der Waals surface area contributed by atoms with Crippen LogP contribution in [0.25, 0.3) is 0 Å². The van der Waals surface area contributed by atoms with Crippen molar-refractivity contribution in [2.24, 2.45) is 0 Å². The molecule has 0 saturated carbocycles. The minimum absolute atomic E-state index is 0.263. The molecule has 0 fully saturated rings. The summed E-state index contributed by atoms with van der Waals surface area (Å²) in [5.74, 6) is 0.326. The number of anilines is 1. The molecule has 27 heavy (non-hydrogen) atoms. The molecule has 0 radical (unpaired) electrons. The fourth-order valence-electron chi connectivity index (χ4n) is 2.50. The van der Waals surface area contributed by atoms with Gasteiger partial charge in [0.05, 0.1) is 18.5 Å². The van der Waals surface area contributed by atoms with E-state index >= 15 is 0 Å². The van der Waals surface area contributed by atoms with E-state index in [1.54, 1.807) is 25.1 Å². The van der Waals surface area contributed by atoms with Gasteiger partial charge < -0.3 is 10.1 Å². The lowest BCUT2D eigenvalue weighted by molar-refractivity contribution is -0.119. The predicted molar refractivity (Wildman–Crippen MR) is 108 cm³/mol. The van der Waals surface area contributed by atoms with Gasteiger partial charge in [-0.2, -0.15) is 0 Å². The molecular weight excluding hydrogens is 388 g/mol. The van der Waals surface area contributed by atoms with Gasteiger partial charge in [-0.1, -0.05) is 35.9 Å². The summed E-state index contributed by atoms with van der Waals surface area (Å²) >= 11 is 6.08. The SMILES string of the molecule is Cc1ccccc1OCCNC(=O)CN(c1cccc(Cl)c1C)S(C)(=O)=O. The smallest absolute Gasteiger partial charge is 0.240 e. The number of sulfonamides is 1. The summed E-state index contributed by atoms with van der Waals surface area (Å²) in [5.41, 5.74) is 1.99. The van der Waals surface area contributed by atoms with Crippen molar-refractivity contribution in [3.63, 3.8) is 0 Å². The van der Waals surface area contributed by atoms with Gasteiger partial charge in [-0.3, -0.25) is 9.10 Å². The highest BCUT2D eigenvalue weighted by Crippen LogP contribution is 2.27. The highest BCUT2D eigenvalue weighted by atomic mass is 35.5. The van der Waals surface area contributed by atoms with Crippen molar-refractivity contribution < 1.29 is 17.9 Å². The summed E-state index contributed by atoms with van der Waals surface area (Å²) in [6, 6.07) is 12.5. The number of halogens is 1. The molecule has 0 aromatic heterocycles. The number of amides is 1. The Morgan fingerprint density at radius 2 is 1.85 bits per heavy atom. The third kappa shape index (κ3) is 5.87. The monoisotopic (exact) mass is 410 g/mol. The van der Waals surface area contributed by atoms with Crippen molar-refractivity contribution in [2.75, 3.05) is 30.3 Å². The fourth-order valence-corrected chi connectivity index (χ4v) is 3.58. The second-order valence-electron chi connectivity index (χ2n) is 6.12. The Morgan fingerprint density at radius 3 is 2.52 bits per heavy atom. The number of aryl methyl sites for hydroxylation is 1. The van der Waals surface area contributed by atoms with Crippen molar-refractivity contribution in [1.29, 1.82) is 0 Å². The number of benzene rings is 2. The van der Waals surface area contributed by atoms with Gasteiger partial charge in [0.15, 0.2) is 0 Å². The van der Waals surface area contributed by atoms with Gasteiger partial charge in [0.1, 0.15) is 18.9 Å². The first kappa shape index (κ1) is 21.1. The molecule has 0 aliphatic heterocycles. The molecule has 0 spiro atoms. The van der Waals surface area contributed by atoms with Crippen molar-refractivity contribution in [1.82, 2.24) is 5.32 Å². The molecule has 2 rings (SSSR count). The zero-order valence-electron chi connectivity index (χ0n) is 15.5. The van der Waals surface area contributed by atoms with Crippen molar-refractivity contribution >= 4 is 33.2 Å². The van der Waals surface area contributed by atoms with Gasteiger partial charge in [-0.25, -0.2) is 8.42 Å². The number of carbonyl (C=O) groups is 1. The van der Waals surface area contributed by atoms with Gasteiger partial charge in [0.2, 0.25) is 15.9 Å². The third-order valence-corrected chi connectivity index (χ3v) is 5.51. The van der Waals surface area contributed by atoms with E-state index < -0.39 is 15.9 Å². The van der Waals surface area contributed by atoms with E-state index in [0.717, 1.165) is 21.9 Å². The van der Waals surface area contributed by atoms with Crippen LogP contribution in [0.4, 0.5) is 5.69 Å². The molecule has 0 aliphatic carbocycles. The van der Waals surface area contributed by atoms with E-state index in [2.05, 4.69) is 5.32 Å². The van der Waals surface area contributed by atoms with Gasteiger partial charge in [-0.05, 0) is 43.2 Å². The van der Waals surface area contributed by atoms with Crippen molar-refractivity contribution in [2.45, 2.75) is 13.8 Å². The van der Waals surface area contributed by atoms with Crippen LogP contribution in [-0.4, -0.2) is 40.3 Å². The molecule has 1 N–H and O–H groups in total. The highest BCUT2D eigenvalue weighted by Gasteiger charge is 2.22. The van der Waals surface area contributed by atoms with Crippen LogP contribution >= 0.6 is 11.6 Å². The molecule has 6 nitrogen and oxygen atoms in total. The number of ether oxygens (including phenoxy) is 1. The van der Waals surface area contributed by atoms with E-state index in [4.69, 9.17) is 16.3 Å². The molecule has 0 saturated heterocycles. The minimum Gasteiger partial charge on any atom is -0.491 e. The molecule has 0 atom stereocenters. The molecule has 0 unspecified atom stereocenters. The molecule has 2 aromatic carbocycles. The van der Waals surface area contributed by atoms with Crippen LogP contribution in [0.15, 0.2) is 42.5 Å². The molecule has 8 heteroatoms. The molecule has 2 aromatic rings. The highest BCUT2D eigenvalue weighted by molar-refractivity contribution is 7.92. The summed E-state index contributed by atoms with van der Waals surface area (Å²) in [7, 11) is -3.65. The number of hydrogen-bond acceptors (Lipinski definition) is 4. The maximum Gasteiger partial charge on any atom is 0.240 e.